The summed E-state index contributed by atoms with van der Waals surface area (Å²) in [4.78, 5) is 12.6. The van der Waals surface area contributed by atoms with Crippen molar-refractivity contribution in [1.29, 1.82) is 0 Å². The lowest BCUT2D eigenvalue weighted by Gasteiger charge is -2.29. The zero-order valence-corrected chi connectivity index (χ0v) is 22.3. The molecule has 8 heteroatoms. The van der Waals surface area contributed by atoms with E-state index in [9.17, 15) is 5.11 Å². The molecule has 4 rings (SSSR count). The van der Waals surface area contributed by atoms with Crippen LogP contribution in [0.25, 0.3) is 10.5 Å². The van der Waals surface area contributed by atoms with Gasteiger partial charge in [-0.05, 0) is 49.7 Å². The smallest absolute Gasteiger partial charge is 0.213 e. The molecule has 0 aliphatic heterocycles. The van der Waals surface area contributed by atoms with E-state index < -0.39 is 5.60 Å². The highest BCUT2D eigenvalue weighted by atomic mass is 32.2. The molecule has 0 radical (unpaired) electrons. The van der Waals surface area contributed by atoms with E-state index in [1.54, 1.807) is 18.8 Å². The lowest BCUT2D eigenvalue weighted by atomic mass is 9.86. The second-order valence-electron chi connectivity index (χ2n) is 10.2. The Labute approximate surface area is 205 Å². The molecule has 1 saturated carbocycles. The van der Waals surface area contributed by atoms with Crippen LogP contribution in [0.15, 0.2) is 29.2 Å². The normalized spacial score (nSPS) is 24.2. The van der Waals surface area contributed by atoms with Crippen LogP contribution in [-0.2, 0) is 10.4 Å². The van der Waals surface area contributed by atoms with Crippen LogP contribution in [0.5, 0.6) is 0 Å². The monoisotopic (exact) mass is 488 g/mol. The summed E-state index contributed by atoms with van der Waals surface area (Å²) in [6, 6.07) is 0. The van der Waals surface area contributed by atoms with Crippen LogP contribution in [0, 0.1) is 18.8 Å². The maximum absolute atomic E-state index is 11.6. The number of hydroxylamine groups is 1. The number of aryl methyl sites for hydroxylation is 1. The molecule has 1 fully saturated rings. The van der Waals surface area contributed by atoms with Gasteiger partial charge in [-0.3, -0.25) is 4.84 Å². The highest BCUT2D eigenvalue weighted by molar-refractivity contribution is 8.04. The molecule has 2 aromatic heterocycles. The van der Waals surface area contributed by atoms with Crippen molar-refractivity contribution in [3.05, 3.63) is 45.6 Å². The summed E-state index contributed by atoms with van der Waals surface area (Å²) in [7, 11) is 1.79. The van der Waals surface area contributed by atoms with Gasteiger partial charge < -0.3 is 5.11 Å². The van der Waals surface area contributed by atoms with E-state index in [1.165, 1.54) is 11.3 Å². The molecule has 2 aromatic rings. The van der Waals surface area contributed by atoms with Gasteiger partial charge in [0.25, 0.3) is 0 Å². The topological polar surface area (TPSA) is 71.7 Å². The number of hydrogen-bond acceptors (Lipinski definition) is 7. The first-order chi connectivity index (χ1) is 15.5. The summed E-state index contributed by atoms with van der Waals surface area (Å²) >= 11 is 3.32. The van der Waals surface area contributed by atoms with Crippen molar-refractivity contribution in [2.45, 2.75) is 77.3 Å². The van der Waals surface area contributed by atoms with Gasteiger partial charge in [0.05, 0.1) is 11.4 Å². The standard InChI is InChI=1S/C25H36N4O2S2/c1-15(2)25(30,18-12-13-18)22-28-29-21(16(3)27-23(29)32-22)17-10-8-9-11-19(31-26-7)20(14-17)33-24(4,5)6/h9-11,14-15,18-19,26,30H,8,12-13H2,1-7H3/b11-9-,17-10?,20-14+. The van der Waals surface area contributed by atoms with Crippen LogP contribution in [-0.4, -0.2) is 37.6 Å². The first-order valence-corrected chi connectivity index (χ1v) is 13.4. The largest absolute Gasteiger partial charge is 0.382 e. The summed E-state index contributed by atoms with van der Waals surface area (Å²) in [6.07, 6.45) is 11.4. The van der Waals surface area contributed by atoms with E-state index in [4.69, 9.17) is 14.9 Å². The van der Waals surface area contributed by atoms with E-state index in [1.807, 2.05) is 11.4 Å². The fourth-order valence-electron chi connectivity index (χ4n) is 4.38. The molecule has 2 aliphatic carbocycles. The number of nitrogens with zero attached hydrogens (tertiary/aromatic N) is 3. The Morgan fingerprint density at radius 2 is 2.03 bits per heavy atom. The number of rotatable bonds is 7. The summed E-state index contributed by atoms with van der Waals surface area (Å²) < 4.78 is 1.97. The van der Waals surface area contributed by atoms with Gasteiger partial charge in [-0.2, -0.15) is 5.10 Å². The molecule has 0 amide bonds. The molecule has 2 aliphatic rings. The predicted octanol–water partition coefficient (Wildman–Crippen LogP) is 5.63. The summed E-state index contributed by atoms with van der Waals surface area (Å²) in [6.45, 7) is 12.8. The number of nitrogens with one attached hydrogen (secondary N) is 1. The molecule has 0 saturated heterocycles. The molecule has 0 bridgehead atoms. The van der Waals surface area contributed by atoms with Crippen molar-refractivity contribution in [3.8, 4) is 0 Å². The molecule has 2 atom stereocenters. The van der Waals surface area contributed by atoms with Gasteiger partial charge in [0.1, 0.15) is 16.7 Å². The minimum Gasteiger partial charge on any atom is -0.382 e. The average molecular weight is 489 g/mol. The second kappa shape index (κ2) is 9.30. The molecule has 0 spiro atoms. The van der Waals surface area contributed by atoms with Gasteiger partial charge in [0.2, 0.25) is 4.96 Å². The van der Waals surface area contributed by atoms with Crippen LogP contribution >= 0.6 is 23.1 Å². The minimum absolute atomic E-state index is 0.0347. The van der Waals surface area contributed by atoms with Crippen molar-refractivity contribution in [1.82, 2.24) is 20.1 Å². The van der Waals surface area contributed by atoms with E-state index in [-0.39, 0.29) is 22.7 Å². The van der Waals surface area contributed by atoms with Gasteiger partial charge in [-0.1, -0.05) is 64.2 Å². The van der Waals surface area contributed by atoms with Crippen LogP contribution in [0.4, 0.5) is 0 Å². The van der Waals surface area contributed by atoms with Crippen molar-refractivity contribution < 1.29 is 9.94 Å². The first-order valence-electron chi connectivity index (χ1n) is 11.7. The van der Waals surface area contributed by atoms with Gasteiger partial charge in [-0.15, -0.1) is 11.8 Å². The minimum atomic E-state index is -0.886. The molecule has 6 nitrogen and oxygen atoms in total. The maximum atomic E-state index is 11.6. The van der Waals surface area contributed by atoms with Crippen molar-refractivity contribution >= 4 is 33.6 Å². The molecule has 0 aromatic carbocycles. The van der Waals surface area contributed by atoms with E-state index in [2.05, 4.69) is 64.4 Å². The summed E-state index contributed by atoms with van der Waals surface area (Å²) in [5, 5.41) is 17.3. The van der Waals surface area contributed by atoms with Crippen molar-refractivity contribution in [3.63, 3.8) is 0 Å². The van der Waals surface area contributed by atoms with E-state index in [0.717, 1.165) is 51.1 Å². The molecule has 2 unspecified atom stereocenters. The number of allylic oxidation sites excluding steroid dienone is 4. The number of aliphatic hydroxyl groups is 1. The quantitative estimate of drug-likeness (QED) is 0.389. The van der Waals surface area contributed by atoms with Gasteiger partial charge in [0.15, 0.2) is 0 Å². The lowest BCUT2D eigenvalue weighted by molar-refractivity contribution is -0.0331. The third kappa shape index (κ3) is 5.00. The van der Waals surface area contributed by atoms with Gasteiger partial charge >= 0.3 is 0 Å². The van der Waals surface area contributed by atoms with Crippen LogP contribution in [0.3, 0.4) is 0 Å². The Morgan fingerprint density at radius 3 is 2.64 bits per heavy atom. The molecule has 2 N–H and O–H groups in total. The van der Waals surface area contributed by atoms with E-state index in [0.29, 0.717) is 0 Å². The van der Waals surface area contributed by atoms with Crippen LogP contribution < -0.4 is 5.48 Å². The van der Waals surface area contributed by atoms with E-state index >= 15 is 0 Å². The fourth-order valence-corrected chi connectivity index (χ4v) is 6.77. The number of aromatic nitrogens is 3. The Morgan fingerprint density at radius 1 is 1.30 bits per heavy atom. The van der Waals surface area contributed by atoms with Crippen molar-refractivity contribution in [2.24, 2.45) is 11.8 Å². The van der Waals surface area contributed by atoms with Gasteiger partial charge in [0, 0.05) is 16.7 Å². The third-order valence-corrected chi connectivity index (χ3v) is 8.35. The first kappa shape index (κ1) is 24.7. The molecule has 33 heavy (non-hydrogen) atoms. The van der Waals surface area contributed by atoms with Gasteiger partial charge in [-0.25, -0.2) is 15.0 Å². The zero-order valence-electron chi connectivity index (χ0n) is 20.7. The number of thioether (sulfide) groups is 1. The number of hydrogen-bond donors (Lipinski definition) is 2. The summed E-state index contributed by atoms with van der Waals surface area (Å²) in [5.74, 6) is 0.392. The zero-order chi connectivity index (χ0) is 24.0. The summed E-state index contributed by atoms with van der Waals surface area (Å²) in [5.41, 5.74) is 4.98. The number of fused-ring (bicyclic) bond motifs is 1. The Hall–Kier alpha value is -1.45. The molecular formula is C25H36N4O2S2. The highest BCUT2D eigenvalue weighted by Gasteiger charge is 2.50. The lowest BCUT2D eigenvalue weighted by Crippen LogP contribution is -2.34. The third-order valence-electron chi connectivity index (χ3n) is 6.11. The SMILES string of the molecule is CNOC1/C=C\CC=C(c2c(C)nc3sc(C(O)(C(C)C)C4CC4)nn23)/C=C\1SC(C)(C)C. The highest BCUT2D eigenvalue weighted by Crippen LogP contribution is 2.51. The predicted molar refractivity (Wildman–Crippen MR) is 138 cm³/mol. The van der Waals surface area contributed by atoms with Crippen molar-refractivity contribution in [2.75, 3.05) is 7.05 Å². The number of imidazole rings is 1. The second-order valence-corrected chi connectivity index (χ2v) is 13.1. The van der Waals surface area contributed by atoms with Crippen LogP contribution in [0.2, 0.25) is 0 Å². The average Bonchev–Trinajstić information content (AvgIpc) is 3.41. The Balaban J connectivity index is 1.81. The molecule has 2 heterocycles. The van der Waals surface area contributed by atoms with Crippen LogP contribution in [0.1, 0.15) is 70.3 Å². The molecular weight excluding hydrogens is 452 g/mol. The maximum Gasteiger partial charge on any atom is 0.213 e. The fraction of sp³-hybridized carbons (Fsp3) is 0.600. The molecule has 180 valence electrons. The Bertz CT molecular complexity index is 1100. The Kier molecular flexibility index (Phi) is 6.95.